The highest BCUT2D eigenvalue weighted by atomic mass is 16.5. The zero-order chi connectivity index (χ0) is 20.1. The number of methoxy groups -OCH3 is 1. The molecule has 1 aromatic carbocycles. The molecule has 0 spiro atoms. The molecule has 29 heavy (non-hydrogen) atoms. The van der Waals surface area contributed by atoms with Crippen LogP contribution in [-0.4, -0.2) is 71.1 Å². The summed E-state index contributed by atoms with van der Waals surface area (Å²) in [4.78, 5) is 4.98. The second kappa shape index (κ2) is 9.54. The Kier molecular flexibility index (Phi) is 6.61. The first kappa shape index (κ1) is 20.1. The Hall–Kier alpha value is -2.19. The van der Waals surface area contributed by atoms with Gasteiger partial charge in [-0.3, -0.25) is 4.90 Å². The first-order chi connectivity index (χ1) is 14.3. The Labute approximate surface area is 172 Å². The standard InChI is InChI=1S/C21H32N6O2/c1-3-5-20(21-22-23-24-27(21)16-19-6-4-15-29-19)26-13-11-25(12-14-26)17-7-9-18(28-2)10-8-17/h7-10,19-20H,3-6,11-16H2,1-2H3/t19-,20+/m0/s1. The molecule has 2 fully saturated rings. The highest BCUT2D eigenvalue weighted by molar-refractivity contribution is 5.49. The van der Waals surface area contributed by atoms with Gasteiger partial charge in [0.2, 0.25) is 0 Å². The predicted octanol–water partition coefficient (Wildman–Crippen LogP) is 2.52. The number of benzene rings is 1. The number of anilines is 1. The van der Waals surface area contributed by atoms with Crippen LogP contribution in [-0.2, 0) is 11.3 Å². The van der Waals surface area contributed by atoms with Gasteiger partial charge in [-0.1, -0.05) is 13.3 Å². The number of aromatic nitrogens is 4. The van der Waals surface area contributed by atoms with Crippen molar-refractivity contribution in [1.29, 1.82) is 0 Å². The van der Waals surface area contributed by atoms with E-state index in [9.17, 15) is 0 Å². The molecule has 2 atom stereocenters. The number of piperazine rings is 1. The minimum absolute atomic E-state index is 0.242. The van der Waals surface area contributed by atoms with E-state index in [0.717, 1.165) is 76.6 Å². The van der Waals surface area contributed by atoms with Crippen LogP contribution < -0.4 is 9.64 Å². The molecule has 2 aromatic rings. The van der Waals surface area contributed by atoms with E-state index in [1.165, 1.54) is 5.69 Å². The first-order valence-electron chi connectivity index (χ1n) is 10.8. The molecule has 0 radical (unpaired) electrons. The zero-order valence-corrected chi connectivity index (χ0v) is 17.5. The molecule has 0 saturated carbocycles. The number of ether oxygens (including phenoxy) is 2. The zero-order valence-electron chi connectivity index (χ0n) is 17.5. The lowest BCUT2D eigenvalue weighted by Gasteiger charge is -2.39. The van der Waals surface area contributed by atoms with Crippen LogP contribution in [0.3, 0.4) is 0 Å². The van der Waals surface area contributed by atoms with Gasteiger partial charge in [-0.05, 0) is 54.0 Å². The lowest BCUT2D eigenvalue weighted by atomic mass is 10.1. The molecule has 1 aromatic heterocycles. The van der Waals surface area contributed by atoms with Crippen LogP contribution in [0.2, 0.25) is 0 Å². The van der Waals surface area contributed by atoms with Gasteiger partial charge in [0.1, 0.15) is 5.75 Å². The highest BCUT2D eigenvalue weighted by Gasteiger charge is 2.29. The van der Waals surface area contributed by atoms with Gasteiger partial charge < -0.3 is 14.4 Å². The maximum Gasteiger partial charge on any atom is 0.168 e. The third kappa shape index (κ3) is 4.70. The summed E-state index contributed by atoms with van der Waals surface area (Å²) in [6, 6.07) is 8.59. The van der Waals surface area contributed by atoms with Crippen LogP contribution in [0.25, 0.3) is 0 Å². The maximum absolute atomic E-state index is 5.80. The molecule has 0 aliphatic carbocycles. The molecule has 0 amide bonds. The molecular weight excluding hydrogens is 368 g/mol. The van der Waals surface area contributed by atoms with Gasteiger partial charge in [-0.2, -0.15) is 0 Å². The minimum Gasteiger partial charge on any atom is -0.497 e. The van der Waals surface area contributed by atoms with Crippen molar-refractivity contribution in [2.45, 2.75) is 51.3 Å². The van der Waals surface area contributed by atoms with Crippen molar-refractivity contribution >= 4 is 5.69 Å². The number of rotatable bonds is 8. The Bertz CT molecular complexity index is 751. The molecule has 0 N–H and O–H groups in total. The van der Waals surface area contributed by atoms with Gasteiger partial charge in [0.05, 0.1) is 25.8 Å². The van der Waals surface area contributed by atoms with Crippen LogP contribution in [0.15, 0.2) is 24.3 Å². The fourth-order valence-corrected chi connectivity index (χ4v) is 4.39. The van der Waals surface area contributed by atoms with Crippen LogP contribution in [0.4, 0.5) is 5.69 Å². The van der Waals surface area contributed by atoms with Crippen molar-refractivity contribution in [2.24, 2.45) is 0 Å². The van der Waals surface area contributed by atoms with E-state index in [-0.39, 0.29) is 12.1 Å². The van der Waals surface area contributed by atoms with Crippen LogP contribution in [0.1, 0.15) is 44.5 Å². The van der Waals surface area contributed by atoms with E-state index in [2.05, 4.69) is 44.4 Å². The molecule has 4 rings (SSSR count). The third-order valence-corrected chi connectivity index (χ3v) is 6.01. The van der Waals surface area contributed by atoms with E-state index in [1.54, 1.807) is 7.11 Å². The van der Waals surface area contributed by atoms with E-state index < -0.39 is 0 Å². The average Bonchev–Trinajstić information content (AvgIpc) is 3.45. The third-order valence-electron chi connectivity index (χ3n) is 6.01. The summed E-state index contributed by atoms with van der Waals surface area (Å²) in [5.74, 6) is 1.88. The average molecular weight is 401 g/mol. The molecule has 2 aliphatic rings. The van der Waals surface area contributed by atoms with Crippen molar-refractivity contribution in [2.75, 3.05) is 44.8 Å². The summed E-state index contributed by atoms with van der Waals surface area (Å²) in [6.45, 7) is 7.85. The molecule has 0 bridgehead atoms. The molecule has 2 saturated heterocycles. The summed E-state index contributed by atoms with van der Waals surface area (Å²) < 4.78 is 13.1. The van der Waals surface area contributed by atoms with Gasteiger partial charge in [-0.15, -0.1) is 5.10 Å². The van der Waals surface area contributed by atoms with Crippen LogP contribution in [0.5, 0.6) is 5.75 Å². The largest absolute Gasteiger partial charge is 0.497 e. The maximum atomic E-state index is 5.80. The topological polar surface area (TPSA) is 68.5 Å². The highest BCUT2D eigenvalue weighted by Crippen LogP contribution is 2.28. The SMILES string of the molecule is CCC[C@H](c1nnnn1C[C@@H]1CCCO1)N1CCN(c2ccc(OC)cc2)CC1. The number of hydrogen-bond donors (Lipinski definition) is 0. The molecular formula is C21H32N6O2. The molecule has 0 unspecified atom stereocenters. The Balaban J connectivity index is 1.41. The summed E-state index contributed by atoms with van der Waals surface area (Å²) in [7, 11) is 1.70. The molecule has 158 valence electrons. The number of hydrogen-bond acceptors (Lipinski definition) is 7. The monoisotopic (exact) mass is 400 g/mol. The Morgan fingerprint density at radius 3 is 2.62 bits per heavy atom. The smallest absolute Gasteiger partial charge is 0.168 e. The van der Waals surface area contributed by atoms with Crippen LogP contribution >= 0.6 is 0 Å². The lowest BCUT2D eigenvalue weighted by Crippen LogP contribution is -2.48. The van der Waals surface area contributed by atoms with Crippen molar-refractivity contribution < 1.29 is 9.47 Å². The predicted molar refractivity (Wildman–Crippen MR) is 111 cm³/mol. The van der Waals surface area contributed by atoms with E-state index in [0.29, 0.717) is 0 Å². The fraction of sp³-hybridized carbons (Fsp3) is 0.667. The van der Waals surface area contributed by atoms with E-state index in [1.807, 2.05) is 16.8 Å². The molecule has 2 aliphatic heterocycles. The second-order valence-electron chi connectivity index (χ2n) is 7.88. The normalized spacial score (nSPS) is 21.4. The van der Waals surface area contributed by atoms with Gasteiger partial charge in [0, 0.05) is 38.5 Å². The van der Waals surface area contributed by atoms with Gasteiger partial charge in [0.15, 0.2) is 5.82 Å². The molecule has 3 heterocycles. The summed E-state index contributed by atoms with van der Waals surface area (Å²) in [6.07, 6.45) is 4.64. The Morgan fingerprint density at radius 2 is 1.97 bits per heavy atom. The van der Waals surface area contributed by atoms with Gasteiger partial charge in [-0.25, -0.2) is 4.68 Å². The van der Waals surface area contributed by atoms with Crippen molar-refractivity contribution in [3.8, 4) is 5.75 Å². The minimum atomic E-state index is 0.242. The second-order valence-corrected chi connectivity index (χ2v) is 7.88. The van der Waals surface area contributed by atoms with Crippen molar-refractivity contribution in [1.82, 2.24) is 25.1 Å². The fourth-order valence-electron chi connectivity index (χ4n) is 4.39. The van der Waals surface area contributed by atoms with Crippen molar-refractivity contribution in [3.63, 3.8) is 0 Å². The molecule has 8 heteroatoms. The number of nitrogens with zero attached hydrogens (tertiary/aromatic N) is 6. The summed E-state index contributed by atoms with van der Waals surface area (Å²) in [5, 5.41) is 12.7. The van der Waals surface area contributed by atoms with Gasteiger partial charge >= 0.3 is 0 Å². The summed E-state index contributed by atoms with van der Waals surface area (Å²) >= 11 is 0. The molecule has 8 nitrogen and oxygen atoms in total. The quantitative estimate of drug-likeness (QED) is 0.674. The lowest BCUT2D eigenvalue weighted by molar-refractivity contribution is 0.0891. The number of tetrazole rings is 1. The Morgan fingerprint density at radius 1 is 1.17 bits per heavy atom. The first-order valence-corrected chi connectivity index (χ1v) is 10.8. The van der Waals surface area contributed by atoms with Gasteiger partial charge in [0.25, 0.3) is 0 Å². The summed E-state index contributed by atoms with van der Waals surface area (Å²) in [5.41, 5.74) is 1.25. The van der Waals surface area contributed by atoms with E-state index in [4.69, 9.17) is 9.47 Å². The van der Waals surface area contributed by atoms with Crippen LogP contribution in [0, 0.1) is 0 Å². The van der Waals surface area contributed by atoms with Crippen molar-refractivity contribution in [3.05, 3.63) is 30.1 Å². The van der Waals surface area contributed by atoms with E-state index >= 15 is 0 Å².